The highest BCUT2D eigenvalue weighted by Crippen LogP contribution is 2.23. The van der Waals surface area contributed by atoms with E-state index in [1.807, 2.05) is 30.3 Å². The van der Waals surface area contributed by atoms with E-state index >= 15 is 0 Å². The molecule has 2 aromatic rings. The molecule has 32 nitrogen and oxygen atoms in total. The Bertz CT molecular complexity index is 3110. The summed E-state index contributed by atoms with van der Waals surface area (Å²) in [5, 5.41) is 57.2. The van der Waals surface area contributed by atoms with Crippen LogP contribution in [-0.4, -0.2) is 226 Å². The van der Waals surface area contributed by atoms with E-state index in [0.29, 0.717) is 63.5 Å². The van der Waals surface area contributed by atoms with Gasteiger partial charge in [-0.25, -0.2) is 4.79 Å². The van der Waals surface area contributed by atoms with E-state index in [-0.39, 0.29) is 83.5 Å². The number of carbonyl (C=O) groups is 13. The van der Waals surface area contributed by atoms with Gasteiger partial charge < -0.3 is 101 Å². The predicted octanol–water partition coefficient (Wildman–Crippen LogP) is -2.54. The lowest BCUT2D eigenvalue weighted by molar-refractivity contribution is -0.146. The maximum atomic E-state index is 14.5. The van der Waals surface area contributed by atoms with Crippen LogP contribution in [0.4, 0.5) is 0 Å². The third-order valence-electron chi connectivity index (χ3n) is 18.1. The number of likely N-dealkylation sites (tertiary alicyclic amines) is 2. The third-order valence-corrected chi connectivity index (χ3v) is 18.1. The van der Waals surface area contributed by atoms with Gasteiger partial charge in [0.15, 0.2) is 0 Å². The molecule has 0 spiro atoms. The fraction of sp³-hybridized carbons (Fsp3) is 0.648. The summed E-state index contributed by atoms with van der Waals surface area (Å²) < 4.78 is 0. The Hall–Kier alpha value is -8.69. The number of aliphatic hydroxyl groups is 2. The summed E-state index contributed by atoms with van der Waals surface area (Å²) in [6.45, 7) is 10.8. The maximum Gasteiger partial charge on any atom is 0.326 e. The van der Waals surface area contributed by atoms with Gasteiger partial charge in [0.05, 0.1) is 25.3 Å². The highest BCUT2D eigenvalue weighted by molar-refractivity contribution is 6.00. The molecule has 2 aromatic carbocycles. The van der Waals surface area contributed by atoms with E-state index in [9.17, 15) is 77.6 Å². The van der Waals surface area contributed by atoms with E-state index in [1.54, 1.807) is 71.9 Å². The monoisotopic (exact) mass is 1450 g/mol. The standard InChI is InChI=1S/C71H114N16O16/c1-41(2)36-52(71(102)103)81-66(97)54-29-20-34-86(54)69(100)53(40-88)82-68(99)59(44(7)89)85-64(95)51(38-46-24-12-9-13-25-46)80-67(98)57(42(3)4)83-56(90)39-76-61(92)48(26-14-17-31-72)78-62(93)49(27-15-18-32-73)79-65(96)55-30-21-35-87(55)70(101)58(43(5)6)84-63(94)50(28-16-19-33-74)77-60(91)47(75)37-45-22-10-8-11-23-45/h8-13,22-25,41-44,47-55,57-59,88-89H,14-21,26-40,72-75H2,1-7H3,(H,76,92)(H,77,91)(H,78,93)(H,79,96)(H,80,98)(H,81,97)(H,82,99)(H,83,90)(H,84,94)(H,85,95)(H,102,103)/t44-,47+,48+,49+,50+,51+,52+,53+,54+,55+,57+,58+,59+/m1/s1. The van der Waals surface area contributed by atoms with E-state index in [4.69, 9.17) is 22.9 Å². The lowest BCUT2D eigenvalue weighted by atomic mass is 10.00. The summed E-state index contributed by atoms with van der Waals surface area (Å²) >= 11 is 0. The smallest absolute Gasteiger partial charge is 0.326 e. The SMILES string of the molecule is CC(C)C[C@H](NC(=O)[C@@H]1CCCN1C(=O)[C@H](CO)NC(=O)[C@@H](NC(=O)[C@H](Cc1ccccc1)NC(=O)[C@@H](NC(=O)CNC(=O)[C@H](CCCCN)NC(=O)[C@H](CCCCN)NC(=O)[C@@H]1CCCN1C(=O)[C@@H](NC(=O)[C@H](CCCCN)NC(=O)[C@@H](N)Cc1ccccc1)C(C)C)C(C)C)[C@@H](C)O)C(=O)O. The summed E-state index contributed by atoms with van der Waals surface area (Å²) in [6.07, 6.45) is 2.65. The first-order valence-electron chi connectivity index (χ1n) is 36.0. The number of nitrogens with zero attached hydrogens (tertiary/aromatic N) is 2. The molecule has 13 atom stereocenters. The Morgan fingerprint density at radius 2 is 0.883 bits per heavy atom. The summed E-state index contributed by atoms with van der Waals surface area (Å²) in [6, 6.07) is 2.11. The number of amides is 12. The second kappa shape index (κ2) is 44.7. The molecule has 574 valence electrons. The van der Waals surface area contributed by atoms with Crippen LogP contribution in [0, 0.1) is 17.8 Å². The molecule has 2 aliphatic rings. The van der Waals surface area contributed by atoms with Crippen LogP contribution >= 0.6 is 0 Å². The Labute approximate surface area is 603 Å². The minimum Gasteiger partial charge on any atom is -0.480 e. The molecular weight excluding hydrogens is 1330 g/mol. The van der Waals surface area contributed by atoms with E-state index in [0.717, 1.165) is 10.5 Å². The van der Waals surface area contributed by atoms with Crippen LogP contribution in [0.15, 0.2) is 60.7 Å². The quantitative estimate of drug-likeness (QED) is 0.0304. The number of unbranched alkanes of at least 4 members (excludes halogenated alkanes) is 3. The number of carboxylic acid groups (broad SMARTS) is 1. The number of aliphatic hydroxyl groups excluding tert-OH is 2. The number of aliphatic carboxylic acids is 1. The van der Waals surface area contributed by atoms with Gasteiger partial charge in [0.1, 0.15) is 66.5 Å². The normalized spacial score (nSPS) is 17.6. The van der Waals surface area contributed by atoms with Gasteiger partial charge >= 0.3 is 5.97 Å². The summed E-state index contributed by atoms with van der Waals surface area (Å²) in [5.74, 6) is -11.9. The summed E-state index contributed by atoms with van der Waals surface area (Å²) in [7, 11) is 0. The molecule has 4 rings (SSSR count). The molecule has 0 radical (unpaired) electrons. The molecule has 21 N–H and O–H groups in total. The number of hydrogen-bond donors (Lipinski definition) is 17. The van der Waals surface area contributed by atoms with Crippen LogP contribution in [0.5, 0.6) is 0 Å². The molecular formula is C71H114N16O16. The minimum atomic E-state index is -1.80. The van der Waals surface area contributed by atoms with Crippen molar-refractivity contribution in [1.29, 1.82) is 0 Å². The minimum absolute atomic E-state index is 0.0332. The van der Waals surface area contributed by atoms with Crippen LogP contribution in [-0.2, 0) is 75.2 Å². The molecule has 2 saturated heterocycles. The molecule has 0 unspecified atom stereocenters. The van der Waals surface area contributed by atoms with Crippen molar-refractivity contribution in [3.05, 3.63) is 71.8 Å². The van der Waals surface area contributed by atoms with E-state index in [1.165, 1.54) is 11.8 Å². The first kappa shape index (κ1) is 86.7. The van der Waals surface area contributed by atoms with Gasteiger partial charge in [-0.05, 0) is 152 Å². The number of carboxylic acids is 1. The van der Waals surface area contributed by atoms with Crippen molar-refractivity contribution in [1.82, 2.24) is 63.0 Å². The average Bonchev–Trinajstić information content (AvgIpc) is 1.77. The van der Waals surface area contributed by atoms with Crippen molar-refractivity contribution < 1.29 is 77.6 Å². The van der Waals surface area contributed by atoms with Crippen LogP contribution < -0.4 is 76.1 Å². The van der Waals surface area contributed by atoms with Gasteiger partial charge in [0, 0.05) is 19.5 Å². The molecule has 2 heterocycles. The number of carbonyl (C=O) groups excluding carboxylic acids is 12. The van der Waals surface area contributed by atoms with Gasteiger partial charge in [-0.15, -0.1) is 0 Å². The molecule has 0 saturated carbocycles. The maximum absolute atomic E-state index is 14.5. The lowest BCUT2D eigenvalue weighted by Gasteiger charge is -2.32. The first-order valence-corrected chi connectivity index (χ1v) is 36.0. The van der Waals surface area contributed by atoms with Crippen molar-refractivity contribution in [2.24, 2.45) is 40.7 Å². The van der Waals surface area contributed by atoms with Crippen molar-refractivity contribution >= 4 is 76.9 Å². The van der Waals surface area contributed by atoms with Gasteiger partial charge in [0.2, 0.25) is 70.9 Å². The van der Waals surface area contributed by atoms with Crippen molar-refractivity contribution in [3.8, 4) is 0 Å². The van der Waals surface area contributed by atoms with Gasteiger partial charge in [-0.3, -0.25) is 57.5 Å². The number of benzene rings is 2. The molecule has 2 aliphatic heterocycles. The highest BCUT2D eigenvalue weighted by Gasteiger charge is 2.43. The summed E-state index contributed by atoms with van der Waals surface area (Å²) in [4.78, 5) is 183. The zero-order chi connectivity index (χ0) is 76.5. The van der Waals surface area contributed by atoms with Gasteiger partial charge in [0.25, 0.3) is 0 Å². The van der Waals surface area contributed by atoms with Crippen LogP contribution in [0.2, 0.25) is 0 Å². The molecule has 12 amide bonds. The second-order valence-electron chi connectivity index (χ2n) is 27.7. The lowest BCUT2D eigenvalue weighted by Crippen LogP contribution is -2.62. The predicted molar refractivity (Wildman–Crippen MR) is 382 cm³/mol. The zero-order valence-electron chi connectivity index (χ0n) is 60.6. The van der Waals surface area contributed by atoms with Gasteiger partial charge in [-0.1, -0.05) is 102 Å². The Balaban J connectivity index is 1.46. The first-order chi connectivity index (χ1) is 49.0. The highest BCUT2D eigenvalue weighted by atomic mass is 16.4. The second-order valence-corrected chi connectivity index (χ2v) is 27.7. The van der Waals surface area contributed by atoms with E-state index < -0.39 is 180 Å². The van der Waals surface area contributed by atoms with Crippen molar-refractivity contribution in [3.63, 3.8) is 0 Å². The van der Waals surface area contributed by atoms with Gasteiger partial charge in [-0.2, -0.15) is 0 Å². The number of hydrogen-bond acceptors (Lipinski definition) is 19. The molecule has 0 aliphatic carbocycles. The number of nitrogens with two attached hydrogens (primary N) is 4. The Morgan fingerprint density at radius 3 is 1.36 bits per heavy atom. The third kappa shape index (κ3) is 28.5. The topological polar surface area (TPSA) is 513 Å². The molecule has 0 bridgehead atoms. The largest absolute Gasteiger partial charge is 0.480 e. The zero-order valence-corrected chi connectivity index (χ0v) is 60.6. The average molecular weight is 1450 g/mol. The molecule has 2 fully saturated rings. The van der Waals surface area contributed by atoms with Crippen molar-refractivity contribution in [2.75, 3.05) is 45.9 Å². The fourth-order valence-corrected chi connectivity index (χ4v) is 12.3. The van der Waals surface area contributed by atoms with Crippen molar-refractivity contribution in [2.45, 2.75) is 230 Å². The van der Waals surface area contributed by atoms with E-state index in [2.05, 4.69) is 53.2 Å². The van der Waals surface area contributed by atoms with Crippen LogP contribution in [0.1, 0.15) is 149 Å². The van der Waals surface area contributed by atoms with Crippen LogP contribution in [0.3, 0.4) is 0 Å². The molecule has 103 heavy (non-hydrogen) atoms. The Morgan fingerprint density at radius 1 is 0.466 bits per heavy atom. The number of rotatable bonds is 45. The molecule has 32 heteroatoms. The summed E-state index contributed by atoms with van der Waals surface area (Å²) in [5.41, 5.74) is 25.1. The Kier molecular flexibility index (Phi) is 37.7. The fourth-order valence-electron chi connectivity index (χ4n) is 12.3. The molecule has 0 aromatic heterocycles. The van der Waals surface area contributed by atoms with Crippen LogP contribution in [0.25, 0.3) is 0 Å². The number of nitrogens with one attached hydrogen (secondary N) is 10.